The lowest BCUT2D eigenvalue weighted by atomic mass is 9.79. The van der Waals surface area contributed by atoms with E-state index < -0.39 is 17.7 Å². The molecule has 0 aliphatic carbocycles. The fourth-order valence-electron chi connectivity index (χ4n) is 5.23. The predicted octanol–water partition coefficient (Wildman–Crippen LogP) is 2.07. The van der Waals surface area contributed by atoms with E-state index >= 15 is 0 Å². The summed E-state index contributed by atoms with van der Waals surface area (Å²) in [5.74, 6) is -0.367. The lowest BCUT2D eigenvalue weighted by Gasteiger charge is -2.53. The molecule has 0 radical (unpaired) electrons. The van der Waals surface area contributed by atoms with Gasteiger partial charge in [0.25, 0.3) is 0 Å². The van der Waals surface area contributed by atoms with E-state index in [9.17, 15) is 14.7 Å². The monoisotopic (exact) mass is 433 g/mol. The van der Waals surface area contributed by atoms with Gasteiger partial charge in [-0.3, -0.25) is 19.6 Å². The number of piperazine rings is 1. The number of aromatic nitrogens is 2. The van der Waals surface area contributed by atoms with E-state index in [1.165, 1.54) is 5.56 Å². The number of rotatable bonds is 7. The minimum atomic E-state index is -0.884. The van der Waals surface area contributed by atoms with Crippen LogP contribution < -0.4 is 5.32 Å². The minimum absolute atomic E-state index is 0.111. The summed E-state index contributed by atoms with van der Waals surface area (Å²) in [7, 11) is 0. The summed E-state index contributed by atoms with van der Waals surface area (Å²) in [6.07, 6.45) is 2.10. The number of unbranched alkanes of at least 4 members (excludes halogenated alkanes) is 1. The van der Waals surface area contributed by atoms with Crippen molar-refractivity contribution in [1.82, 2.24) is 25.3 Å². The number of carbonyl (C=O) groups excluding carboxylic acids is 2. The van der Waals surface area contributed by atoms with Crippen molar-refractivity contribution < 1.29 is 14.7 Å². The average molecular weight is 434 g/mol. The van der Waals surface area contributed by atoms with Gasteiger partial charge < -0.3 is 15.3 Å². The third-order valence-electron chi connectivity index (χ3n) is 7.29. The Balaban J connectivity index is 1.81. The number of hydrogen-bond acceptors (Lipinski definition) is 5. The lowest BCUT2D eigenvalue weighted by Crippen LogP contribution is -2.75. The van der Waals surface area contributed by atoms with Gasteiger partial charge in [-0.15, -0.1) is 0 Å². The topological polar surface area (TPSA) is 102 Å². The van der Waals surface area contributed by atoms with Gasteiger partial charge in [-0.25, -0.2) is 0 Å². The highest BCUT2D eigenvalue weighted by molar-refractivity contribution is 6.00. The summed E-state index contributed by atoms with van der Waals surface area (Å²) in [6, 6.07) is -0.666. The molecule has 8 heteroatoms. The standard InChI is InChI=1S/C23H39N5O3/c1-7-8-11-28-21(30)19(20(29)14(2)3)24-22(31)23(28)9-12-27(13-10-23)17(6)18-15(4)25-26-16(18)5/h14,17,19-20,29H,7-13H2,1-6H3,(H,24,31)(H,25,26)/t17?,19-,20-/m1/s1. The molecule has 3 heterocycles. The molecule has 0 bridgehead atoms. The van der Waals surface area contributed by atoms with Gasteiger partial charge >= 0.3 is 0 Å². The molecule has 8 nitrogen and oxygen atoms in total. The molecule has 3 N–H and O–H groups in total. The summed E-state index contributed by atoms with van der Waals surface area (Å²) in [5, 5.41) is 20.8. The van der Waals surface area contributed by atoms with Gasteiger partial charge in [-0.2, -0.15) is 5.10 Å². The first-order valence-corrected chi connectivity index (χ1v) is 11.7. The Morgan fingerprint density at radius 2 is 1.84 bits per heavy atom. The first kappa shape index (κ1) is 23.7. The van der Waals surface area contributed by atoms with Gasteiger partial charge in [0.1, 0.15) is 11.6 Å². The van der Waals surface area contributed by atoms with E-state index in [0.29, 0.717) is 19.4 Å². The normalized spacial score (nSPS) is 24.0. The van der Waals surface area contributed by atoms with E-state index in [4.69, 9.17) is 0 Å². The molecule has 1 aromatic rings. The molecule has 2 aliphatic heterocycles. The van der Waals surface area contributed by atoms with Crippen LogP contribution in [0, 0.1) is 19.8 Å². The Kier molecular flexibility index (Phi) is 7.11. The van der Waals surface area contributed by atoms with Crippen molar-refractivity contribution in [3.8, 4) is 0 Å². The zero-order valence-corrected chi connectivity index (χ0v) is 19.9. The second-order valence-corrected chi connectivity index (χ2v) is 9.62. The molecule has 0 aromatic carbocycles. The quantitative estimate of drug-likeness (QED) is 0.611. The number of aryl methyl sites for hydroxylation is 2. The minimum Gasteiger partial charge on any atom is -0.390 e. The summed E-state index contributed by atoms with van der Waals surface area (Å²) >= 11 is 0. The van der Waals surface area contributed by atoms with Crippen molar-refractivity contribution in [3.63, 3.8) is 0 Å². The molecule has 174 valence electrons. The Hall–Kier alpha value is -1.93. The number of piperidine rings is 1. The Morgan fingerprint density at radius 3 is 2.35 bits per heavy atom. The predicted molar refractivity (Wildman–Crippen MR) is 119 cm³/mol. The summed E-state index contributed by atoms with van der Waals surface area (Å²) < 4.78 is 0. The molecule has 3 atom stereocenters. The summed E-state index contributed by atoms with van der Waals surface area (Å²) in [6.45, 7) is 14.1. The van der Waals surface area contributed by atoms with E-state index in [0.717, 1.165) is 37.3 Å². The Morgan fingerprint density at radius 1 is 1.19 bits per heavy atom. The van der Waals surface area contributed by atoms with Crippen molar-refractivity contribution in [3.05, 3.63) is 17.0 Å². The van der Waals surface area contributed by atoms with Gasteiger partial charge in [0.2, 0.25) is 11.8 Å². The average Bonchev–Trinajstić information content (AvgIpc) is 3.08. The summed E-state index contributed by atoms with van der Waals surface area (Å²) in [5.41, 5.74) is 2.47. The van der Waals surface area contributed by atoms with Gasteiger partial charge in [-0.05, 0) is 46.0 Å². The van der Waals surface area contributed by atoms with Crippen LogP contribution in [0.1, 0.15) is 76.4 Å². The fourth-order valence-corrected chi connectivity index (χ4v) is 5.23. The number of nitrogens with zero attached hydrogens (tertiary/aromatic N) is 3. The number of H-pyrrole nitrogens is 1. The van der Waals surface area contributed by atoms with Crippen molar-refractivity contribution >= 4 is 11.8 Å². The van der Waals surface area contributed by atoms with E-state index in [-0.39, 0.29) is 23.8 Å². The van der Waals surface area contributed by atoms with Gasteiger partial charge in [0, 0.05) is 36.9 Å². The maximum atomic E-state index is 13.4. The number of aromatic amines is 1. The van der Waals surface area contributed by atoms with Crippen LogP contribution >= 0.6 is 0 Å². The second-order valence-electron chi connectivity index (χ2n) is 9.62. The highest BCUT2D eigenvalue weighted by Crippen LogP contribution is 2.37. The zero-order valence-electron chi connectivity index (χ0n) is 19.9. The molecule has 2 saturated heterocycles. The summed E-state index contributed by atoms with van der Waals surface area (Å²) in [4.78, 5) is 31.0. The van der Waals surface area contributed by atoms with Crippen LogP contribution in [0.4, 0.5) is 0 Å². The van der Waals surface area contributed by atoms with Gasteiger partial charge in [0.05, 0.1) is 11.8 Å². The third-order valence-corrected chi connectivity index (χ3v) is 7.29. The molecule has 1 spiro atoms. The van der Waals surface area contributed by atoms with Crippen LogP contribution in [0.5, 0.6) is 0 Å². The number of aliphatic hydroxyl groups excluding tert-OH is 1. The molecule has 31 heavy (non-hydrogen) atoms. The van der Waals surface area contributed by atoms with Crippen molar-refractivity contribution in [1.29, 1.82) is 0 Å². The van der Waals surface area contributed by atoms with E-state index in [2.05, 4.69) is 34.3 Å². The zero-order chi connectivity index (χ0) is 22.9. The van der Waals surface area contributed by atoms with Crippen LogP contribution in [0.15, 0.2) is 0 Å². The molecular formula is C23H39N5O3. The van der Waals surface area contributed by atoms with Crippen LogP contribution in [-0.2, 0) is 9.59 Å². The number of likely N-dealkylation sites (tertiary alicyclic amines) is 1. The van der Waals surface area contributed by atoms with Crippen LogP contribution in [-0.4, -0.2) is 74.2 Å². The number of amides is 2. The van der Waals surface area contributed by atoms with E-state index in [1.807, 2.05) is 27.7 Å². The largest absolute Gasteiger partial charge is 0.390 e. The first-order valence-electron chi connectivity index (χ1n) is 11.7. The molecule has 1 unspecified atom stereocenters. The Labute approximate surface area is 185 Å². The molecule has 2 aliphatic rings. The highest BCUT2D eigenvalue weighted by atomic mass is 16.3. The molecule has 2 fully saturated rings. The van der Waals surface area contributed by atoms with Crippen LogP contribution in [0.2, 0.25) is 0 Å². The molecule has 3 rings (SSSR count). The lowest BCUT2D eigenvalue weighted by molar-refractivity contribution is -0.165. The van der Waals surface area contributed by atoms with Crippen LogP contribution in [0.3, 0.4) is 0 Å². The molecule has 2 amide bonds. The van der Waals surface area contributed by atoms with E-state index in [1.54, 1.807) is 4.90 Å². The third kappa shape index (κ3) is 4.24. The number of hydrogen-bond donors (Lipinski definition) is 3. The molecular weight excluding hydrogens is 394 g/mol. The van der Waals surface area contributed by atoms with Crippen molar-refractivity contribution in [2.75, 3.05) is 19.6 Å². The maximum absolute atomic E-state index is 13.4. The highest BCUT2D eigenvalue weighted by Gasteiger charge is 2.55. The van der Waals surface area contributed by atoms with Crippen LogP contribution in [0.25, 0.3) is 0 Å². The van der Waals surface area contributed by atoms with Gasteiger partial charge in [-0.1, -0.05) is 27.2 Å². The SMILES string of the molecule is CCCCN1C(=O)[C@@H]([C@H](O)C(C)C)NC(=O)C12CCN(C(C)c1c(C)n[nH]c1C)CC2. The maximum Gasteiger partial charge on any atom is 0.248 e. The second kappa shape index (κ2) is 9.28. The fraction of sp³-hybridized carbons (Fsp3) is 0.783. The number of aliphatic hydroxyl groups is 1. The number of carbonyl (C=O) groups is 2. The van der Waals surface area contributed by atoms with Gasteiger partial charge in [0.15, 0.2) is 0 Å². The Bertz CT molecular complexity index is 778. The van der Waals surface area contributed by atoms with Crippen molar-refractivity contribution in [2.24, 2.45) is 5.92 Å². The molecule has 1 aromatic heterocycles. The first-order chi connectivity index (χ1) is 14.6. The number of nitrogens with one attached hydrogen (secondary N) is 2. The van der Waals surface area contributed by atoms with Crippen molar-refractivity contribution in [2.45, 2.75) is 91.0 Å². The molecule has 0 saturated carbocycles. The smallest absolute Gasteiger partial charge is 0.248 e.